The number of nitrogens with one attached hydrogen (secondary N) is 2. The molecule has 4 aromatic carbocycles. The molecule has 7 rings (SSSR count). The van der Waals surface area contributed by atoms with Crippen LogP contribution in [0.25, 0.3) is 43.5 Å². The SMILES string of the molecule is CC(C)C(=O)Nc1nc2c(ncn2[C@@H]2O[C@H](CO)C(O)C2OCc2ccc3ccc4cccc5ccc2c3c45)c(=O)[nH]1. The van der Waals surface area contributed by atoms with Gasteiger partial charge in [-0.3, -0.25) is 24.5 Å². The van der Waals surface area contributed by atoms with Crippen LogP contribution in [-0.2, 0) is 20.9 Å². The summed E-state index contributed by atoms with van der Waals surface area (Å²) in [6.07, 6.45) is -2.59. The van der Waals surface area contributed by atoms with E-state index >= 15 is 0 Å². The van der Waals surface area contributed by atoms with Crippen LogP contribution in [-0.4, -0.2) is 60.6 Å². The Morgan fingerprint density at radius 2 is 1.81 bits per heavy atom. The molecule has 0 bridgehead atoms. The molecule has 1 aliphatic heterocycles. The van der Waals surface area contributed by atoms with Crippen molar-refractivity contribution in [1.82, 2.24) is 19.5 Å². The van der Waals surface area contributed by atoms with Gasteiger partial charge in [0.1, 0.15) is 18.3 Å². The second kappa shape index (κ2) is 10.1. The fourth-order valence-electron chi connectivity index (χ4n) is 5.81. The number of imidazole rings is 1. The van der Waals surface area contributed by atoms with Gasteiger partial charge in [-0.05, 0) is 37.9 Å². The number of H-pyrrole nitrogens is 1. The van der Waals surface area contributed by atoms with Crippen molar-refractivity contribution < 1.29 is 24.5 Å². The maximum absolute atomic E-state index is 12.7. The van der Waals surface area contributed by atoms with Crippen molar-refractivity contribution in [2.45, 2.75) is 45.0 Å². The first kappa shape index (κ1) is 26.5. The van der Waals surface area contributed by atoms with Crippen molar-refractivity contribution in [2.24, 2.45) is 5.92 Å². The highest BCUT2D eigenvalue weighted by Gasteiger charge is 2.46. The number of nitrogens with zero attached hydrogens (tertiary/aromatic N) is 3. The van der Waals surface area contributed by atoms with Gasteiger partial charge in [0.2, 0.25) is 11.9 Å². The van der Waals surface area contributed by atoms with Crippen LogP contribution < -0.4 is 10.9 Å². The first-order valence-electron chi connectivity index (χ1n) is 13.8. The molecule has 1 amide bonds. The molecule has 11 heteroatoms. The summed E-state index contributed by atoms with van der Waals surface area (Å²) in [4.78, 5) is 36.1. The number of aliphatic hydroxyl groups excluding tert-OH is 2. The largest absolute Gasteiger partial charge is 0.394 e. The third kappa shape index (κ3) is 4.21. The van der Waals surface area contributed by atoms with E-state index in [4.69, 9.17) is 9.47 Å². The minimum atomic E-state index is -1.17. The molecule has 4 atom stereocenters. The Labute approximate surface area is 239 Å². The van der Waals surface area contributed by atoms with E-state index in [2.05, 4.69) is 68.8 Å². The zero-order valence-corrected chi connectivity index (χ0v) is 22.9. The molecule has 0 saturated carbocycles. The second-order valence-electron chi connectivity index (χ2n) is 11.0. The monoisotopic (exact) mass is 567 g/mol. The van der Waals surface area contributed by atoms with Gasteiger partial charge >= 0.3 is 0 Å². The zero-order valence-electron chi connectivity index (χ0n) is 22.9. The lowest BCUT2D eigenvalue weighted by molar-refractivity contribution is -0.118. The van der Waals surface area contributed by atoms with Crippen molar-refractivity contribution in [1.29, 1.82) is 0 Å². The molecule has 3 heterocycles. The van der Waals surface area contributed by atoms with Crippen molar-refractivity contribution in [2.75, 3.05) is 11.9 Å². The number of hydrogen-bond acceptors (Lipinski definition) is 8. The van der Waals surface area contributed by atoms with E-state index in [0.717, 1.165) is 32.5 Å². The summed E-state index contributed by atoms with van der Waals surface area (Å²) in [6, 6.07) is 18.8. The lowest BCUT2D eigenvalue weighted by Crippen LogP contribution is -2.35. The van der Waals surface area contributed by atoms with Gasteiger partial charge in [0, 0.05) is 5.92 Å². The number of anilines is 1. The highest BCUT2D eigenvalue weighted by Crippen LogP contribution is 2.38. The number of amides is 1. The maximum Gasteiger partial charge on any atom is 0.280 e. The van der Waals surface area contributed by atoms with Crippen LogP contribution in [0.1, 0.15) is 25.6 Å². The number of aliphatic hydroxyl groups is 2. The van der Waals surface area contributed by atoms with E-state index in [1.54, 1.807) is 13.8 Å². The molecule has 6 aromatic rings. The van der Waals surface area contributed by atoms with Crippen LogP contribution >= 0.6 is 0 Å². The number of carbonyl (C=O) groups excluding carboxylic acids is 1. The van der Waals surface area contributed by atoms with Crippen LogP contribution in [0.4, 0.5) is 5.95 Å². The fraction of sp³-hybridized carbons (Fsp3) is 0.290. The van der Waals surface area contributed by atoms with E-state index in [1.807, 2.05) is 6.07 Å². The van der Waals surface area contributed by atoms with Crippen LogP contribution in [0.3, 0.4) is 0 Å². The van der Waals surface area contributed by atoms with E-state index in [-0.39, 0.29) is 35.5 Å². The van der Waals surface area contributed by atoms with Gasteiger partial charge in [-0.1, -0.05) is 68.4 Å². The Morgan fingerprint density at radius 1 is 1.10 bits per heavy atom. The molecule has 2 unspecified atom stereocenters. The predicted molar refractivity (Wildman–Crippen MR) is 157 cm³/mol. The first-order chi connectivity index (χ1) is 20.3. The van der Waals surface area contributed by atoms with Crippen molar-refractivity contribution in [3.8, 4) is 0 Å². The lowest BCUT2D eigenvalue weighted by Gasteiger charge is -2.23. The summed E-state index contributed by atoms with van der Waals surface area (Å²) in [7, 11) is 0. The van der Waals surface area contributed by atoms with Gasteiger partial charge in [-0.25, -0.2) is 4.98 Å². The summed E-state index contributed by atoms with van der Waals surface area (Å²) in [5.41, 5.74) is 0.572. The minimum absolute atomic E-state index is 0.0312. The van der Waals surface area contributed by atoms with Gasteiger partial charge in [0.15, 0.2) is 17.4 Å². The summed E-state index contributed by atoms with van der Waals surface area (Å²) in [5.74, 6) is -0.672. The van der Waals surface area contributed by atoms with E-state index in [0.29, 0.717) is 0 Å². The van der Waals surface area contributed by atoms with E-state index < -0.39 is 36.7 Å². The molecule has 1 aliphatic rings. The molecular formula is C31H29N5O6. The smallest absolute Gasteiger partial charge is 0.280 e. The topological polar surface area (TPSA) is 152 Å². The highest BCUT2D eigenvalue weighted by atomic mass is 16.6. The highest BCUT2D eigenvalue weighted by molar-refractivity contribution is 6.23. The first-order valence-corrected chi connectivity index (χ1v) is 13.8. The minimum Gasteiger partial charge on any atom is -0.394 e. The van der Waals surface area contributed by atoms with Crippen molar-refractivity contribution in [3.05, 3.63) is 76.8 Å². The third-order valence-corrected chi connectivity index (χ3v) is 8.02. The number of aromatic nitrogens is 4. The number of hydrogen-bond donors (Lipinski definition) is 4. The molecular weight excluding hydrogens is 538 g/mol. The molecule has 0 aliphatic carbocycles. The number of benzene rings is 4. The Balaban J connectivity index is 1.25. The Kier molecular flexibility index (Phi) is 6.39. The average molecular weight is 568 g/mol. The van der Waals surface area contributed by atoms with Gasteiger partial charge in [0.25, 0.3) is 5.56 Å². The third-order valence-electron chi connectivity index (χ3n) is 8.02. The Bertz CT molecular complexity index is 2000. The molecule has 0 radical (unpaired) electrons. The molecule has 1 saturated heterocycles. The number of carbonyl (C=O) groups is 1. The molecule has 4 N–H and O–H groups in total. The Hall–Kier alpha value is -4.42. The number of ether oxygens (including phenoxy) is 2. The van der Waals surface area contributed by atoms with E-state index in [9.17, 15) is 19.8 Å². The fourth-order valence-corrected chi connectivity index (χ4v) is 5.81. The van der Waals surface area contributed by atoms with Crippen molar-refractivity contribution >= 4 is 55.3 Å². The van der Waals surface area contributed by atoms with Gasteiger partial charge in [-0.15, -0.1) is 0 Å². The second-order valence-corrected chi connectivity index (χ2v) is 11.0. The quantitative estimate of drug-likeness (QED) is 0.214. The molecule has 11 nitrogen and oxygen atoms in total. The van der Waals surface area contributed by atoms with Gasteiger partial charge in [0.05, 0.1) is 19.5 Å². The molecule has 42 heavy (non-hydrogen) atoms. The number of rotatable bonds is 7. The summed E-state index contributed by atoms with van der Waals surface area (Å²) in [6.45, 7) is 3.17. The van der Waals surface area contributed by atoms with Gasteiger partial charge in [-0.2, -0.15) is 4.98 Å². The van der Waals surface area contributed by atoms with Crippen molar-refractivity contribution in [3.63, 3.8) is 0 Å². The summed E-state index contributed by atoms with van der Waals surface area (Å²) in [5, 5.41) is 30.5. The number of fused-ring (bicyclic) bond motifs is 1. The van der Waals surface area contributed by atoms with Crippen LogP contribution in [0.15, 0.2) is 65.7 Å². The van der Waals surface area contributed by atoms with E-state index in [1.165, 1.54) is 16.3 Å². The lowest BCUT2D eigenvalue weighted by atomic mass is 9.92. The Morgan fingerprint density at radius 3 is 2.55 bits per heavy atom. The number of aromatic amines is 1. The molecule has 214 valence electrons. The molecule has 1 fully saturated rings. The maximum atomic E-state index is 12.7. The molecule has 0 spiro atoms. The van der Waals surface area contributed by atoms with Crippen LogP contribution in [0.2, 0.25) is 0 Å². The standard InChI is InChI=1S/C31H29N5O6/c1-15(2)28(39)34-31-33-27-24(29(40)35-31)32-14-36(27)30-26(25(38)21(12-37)42-30)41-13-19-9-8-18-7-6-16-4-3-5-17-10-11-20(19)23(18)22(16)17/h3-11,14-15,21,25-26,30,37-38H,12-13H2,1-2H3,(H2,33,34,35,39,40)/t21-,25?,26?,30-/m1/s1. The normalized spacial score (nSPS) is 21.0. The summed E-state index contributed by atoms with van der Waals surface area (Å²) < 4.78 is 13.9. The predicted octanol–water partition coefficient (Wildman–Crippen LogP) is 3.45. The summed E-state index contributed by atoms with van der Waals surface area (Å²) >= 11 is 0. The van der Waals surface area contributed by atoms with Gasteiger partial charge < -0.3 is 19.7 Å². The molecule has 2 aromatic heterocycles. The van der Waals surface area contributed by atoms with Crippen LogP contribution in [0, 0.1) is 5.92 Å². The average Bonchev–Trinajstić information content (AvgIpc) is 3.55. The zero-order chi connectivity index (χ0) is 29.1. The van der Waals surface area contributed by atoms with Crippen LogP contribution in [0.5, 0.6) is 0 Å².